The lowest BCUT2D eigenvalue weighted by Crippen LogP contribution is -2.29. The molecule has 0 atom stereocenters. The number of benzene rings is 1. The van der Waals surface area contributed by atoms with Gasteiger partial charge >= 0.3 is 0 Å². The fourth-order valence-electron chi connectivity index (χ4n) is 2.78. The molecule has 94 valence electrons. The van der Waals surface area contributed by atoms with Crippen molar-refractivity contribution in [2.24, 2.45) is 0 Å². The summed E-state index contributed by atoms with van der Waals surface area (Å²) < 4.78 is 0. The van der Waals surface area contributed by atoms with E-state index in [4.69, 9.17) is 0 Å². The first-order valence-electron chi connectivity index (χ1n) is 6.54. The molecule has 0 aliphatic heterocycles. The van der Waals surface area contributed by atoms with Gasteiger partial charge in [-0.2, -0.15) is 5.10 Å². The molecule has 0 unspecified atom stereocenters. The van der Waals surface area contributed by atoms with Crippen LogP contribution in [0.15, 0.2) is 24.3 Å². The van der Waals surface area contributed by atoms with Crippen molar-refractivity contribution in [2.45, 2.75) is 39.3 Å². The average Bonchev–Trinajstić information content (AvgIpc) is 2.91. The predicted octanol–water partition coefficient (Wildman–Crippen LogP) is 2.28. The Morgan fingerprint density at radius 1 is 1.22 bits per heavy atom. The Bertz CT molecular complexity index is 512. The second-order valence-corrected chi connectivity index (χ2v) is 5.17. The molecule has 0 saturated heterocycles. The molecule has 0 saturated carbocycles. The van der Waals surface area contributed by atoms with Crippen molar-refractivity contribution < 1.29 is 0 Å². The third-order valence-corrected chi connectivity index (χ3v) is 3.90. The highest BCUT2D eigenvalue weighted by Gasteiger charge is 2.20. The molecule has 0 spiro atoms. The fraction of sp³-hybridized carbons (Fsp3) is 0.400. The van der Waals surface area contributed by atoms with Gasteiger partial charge in [0.15, 0.2) is 0 Å². The Kier molecular flexibility index (Phi) is 2.92. The van der Waals surface area contributed by atoms with Crippen molar-refractivity contribution in [3.63, 3.8) is 0 Å². The number of fused-ring (bicyclic) bond motifs is 1. The van der Waals surface area contributed by atoms with Gasteiger partial charge in [0.2, 0.25) is 0 Å². The molecule has 1 aromatic carbocycles. The number of aromatic amines is 1. The first-order valence-corrected chi connectivity index (χ1v) is 6.54. The highest BCUT2D eigenvalue weighted by atomic mass is 15.1. The summed E-state index contributed by atoms with van der Waals surface area (Å²) in [7, 11) is 0. The minimum Gasteiger partial charge on any atom is -0.309 e. The second kappa shape index (κ2) is 4.58. The topological polar surface area (TPSA) is 40.7 Å². The Morgan fingerprint density at radius 2 is 1.89 bits per heavy atom. The quantitative estimate of drug-likeness (QED) is 0.865. The van der Waals surface area contributed by atoms with E-state index in [2.05, 4.69) is 53.6 Å². The van der Waals surface area contributed by atoms with Gasteiger partial charge in [-0.25, -0.2) is 0 Å². The van der Waals surface area contributed by atoms with Crippen LogP contribution in [0, 0.1) is 13.8 Å². The highest BCUT2D eigenvalue weighted by Crippen LogP contribution is 2.22. The number of nitrogens with zero attached hydrogens (tertiary/aromatic N) is 1. The first-order chi connectivity index (χ1) is 8.74. The summed E-state index contributed by atoms with van der Waals surface area (Å²) in [5.41, 5.74) is 6.59. The normalized spacial score (nSPS) is 15.0. The summed E-state index contributed by atoms with van der Waals surface area (Å²) >= 11 is 0. The smallest absolute Gasteiger partial charge is 0.0638 e. The molecule has 0 bridgehead atoms. The molecule has 1 aliphatic rings. The number of hydrogen-bond acceptors (Lipinski definition) is 2. The number of aromatic nitrogens is 2. The van der Waals surface area contributed by atoms with Crippen LogP contribution in [0.2, 0.25) is 0 Å². The summed E-state index contributed by atoms with van der Waals surface area (Å²) in [6, 6.07) is 9.31. The molecule has 1 aromatic heterocycles. The van der Waals surface area contributed by atoms with Crippen molar-refractivity contribution in [2.75, 3.05) is 0 Å². The van der Waals surface area contributed by atoms with Crippen LogP contribution in [-0.2, 0) is 19.4 Å². The van der Waals surface area contributed by atoms with Gasteiger partial charge in [-0.3, -0.25) is 5.10 Å². The molecule has 3 rings (SSSR count). The van der Waals surface area contributed by atoms with Crippen molar-refractivity contribution in [3.05, 3.63) is 52.3 Å². The second-order valence-electron chi connectivity index (χ2n) is 5.17. The minimum absolute atomic E-state index is 0.566. The molecule has 3 heteroatoms. The SMILES string of the molecule is Cc1n[nH]c(C)c1CNC1Cc2ccccc2C1. The van der Waals surface area contributed by atoms with Crippen molar-refractivity contribution in [1.82, 2.24) is 15.5 Å². The average molecular weight is 241 g/mol. The number of hydrogen-bond donors (Lipinski definition) is 2. The molecule has 0 amide bonds. The maximum atomic E-state index is 4.24. The lowest BCUT2D eigenvalue weighted by Gasteiger charge is -2.11. The van der Waals surface area contributed by atoms with E-state index in [1.165, 1.54) is 22.4 Å². The molecule has 2 aromatic rings. The van der Waals surface area contributed by atoms with Crippen LogP contribution in [0.4, 0.5) is 0 Å². The van der Waals surface area contributed by atoms with Crippen LogP contribution in [0.1, 0.15) is 28.1 Å². The van der Waals surface area contributed by atoms with Crippen LogP contribution >= 0.6 is 0 Å². The zero-order valence-corrected chi connectivity index (χ0v) is 11.0. The van der Waals surface area contributed by atoms with Crippen molar-refractivity contribution >= 4 is 0 Å². The van der Waals surface area contributed by atoms with Crippen LogP contribution in [0.3, 0.4) is 0 Å². The van der Waals surface area contributed by atoms with Crippen molar-refractivity contribution in [1.29, 1.82) is 0 Å². The van der Waals surface area contributed by atoms with E-state index in [1.807, 2.05) is 0 Å². The van der Waals surface area contributed by atoms with E-state index >= 15 is 0 Å². The van der Waals surface area contributed by atoms with Gasteiger partial charge in [0.25, 0.3) is 0 Å². The molecule has 2 N–H and O–H groups in total. The first kappa shape index (κ1) is 11.5. The molecular weight excluding hydrogens is 222 g/mol. The van der Waals surface area contributed by atoms with E-state index < -0.39 is 0 Å². The van der Waals surface area contributed by atoms with E-state index in [1.54, 1.807) is 0 Å². The third-order valence-electron chi connectivity index (χ3n) is 3.90. The number of H-pyrrole nitrogens is 1. The van der Waals surface area contributed by atoms with E-state index in [-0.39, 0.29) is 0 Å². The molecule has 1 aliphatic carbocycles. The Labute approximate surface area is 108 Å². The van der Waals surface area contributed by atoms with Crippen molar-refractivity contribution in [3.8, 4) is 0 Å². The van der Waals surface area contributed by atoms with Gasteiger partial charge < -0.3 is 5.32 Å². The van der Waals surface area contributed by atoms with E-state index in [0.717, 1.165) is 25.1 Å². The molecule has 0 fully saturated rings. The standard InChI is InChI=1S/C15H19N3/c1-10-15(11(2)18-17-10)9-16-14-7-12-5-3-4-6-13(12)8-14/h3-6,14,16H,7-9H2,1-2H3,(H,17,18). The minimum atomic E-state index is 0.566. The van der Waals surface area contributed by atoms with E-state index in [0.29, 0.717) is 6.04 Å². The van der Waals surface area contributed by atoms with Crippen LogP contribution in [-0.4, -0.2) is 16.2 Å². The lowest BCUT2D eigenvalue weighted by atomic mass is 10.1. The van der Waals surface area contributed by atoms with Gasteiger partial charge in [0.1, 0.15) is 0 Å². The summed E-state index contributed by atoms with van der Waals surface area (Å²) in [5, 5.41) is 10.9. The third kappa shape index (κ3) is 2.06. The summed E-state index contributed by atoms with van der Waals surface area (Å²) in [4.78, 5) is 0. The summed E-state index contributed by atoms with van der Waals surface area (Å²) in [6.07, 6.45) is 2.29. The Morgan fingerprint density at radius 3 is 2.44 bits per heavy atom. The van der Waals surface area contributed by atoms with Crippen LogP contribution in [0.5, 0.6) is 0 Å². The predicted molar refractivity (Wildman–Crippen MR) is 72.5 cm³/mol. The summed E-state index contributed by atoms with van der Waals surface area (Å²) in [5.74, 6) is 0. The molecule has 18 heavy (non-hydrogen) atoms. The zero-order valence-electron chi connectivity index (χ0n) is 11.0. The summed E-state index contributed by atoms with van der Waals surface area (Å²) in [6.45, 7) is 5.05. The zero-order chi connectivity index (χ0) is 12.5. The largest absolute Gasteiger partial charge is 0.309 e. The monoisotopic (exact) mass is 241 g/mol. The fourth-order valence-corrected chi connectivity index (χ4v) is 2.78. The van der Waals surface area contributed by atoms with Gasteiger partial charge in [-0.15, -0.1) is 0 Å². The van der Waals surface area contributed by atoms with Crippen LogP contribution in [0.25, 0.3) is 0 Å². The number of nitrogens with one attached hydrogen (secondary N) is 2. The Hall–Kier alpha value is -1.61. The van der Waals surface area contributed by atoms with Gasteiger partial charge in [-0.1, -0.05) is 24.3 Å². The number of rotatable bonds is 3. The molecule has 3 nitrogen and oxygen atoms in total. The number of aryl methyl sites for hydroxylation is 2. The molecule has 0 radical (unpaired) electrons. The van der Waals surface area contributed by atoms with E-state index in [9.17, 15) is 0 Å². The van der Waals surface area contributed by atoms with Gasteiger partial charge in [0.05, 0.1) is 5.69 Å². The van der Waals surface area contributed by atoms with Gasteiger partial charge in [-0.05, 0) is 37.8 Å². The molecular formula is C15H19N3. The van der Waals surface area contributed by atoms with Gasteiger partial charge in [0, 0.05) is 23.8 Å². The highest BCUT2D eigenvalue weighted by molar-refractivity contribution is 5.33. The Balaban J connectivity index is 1.64. The molecule has 1 heterocycles. The van der Waals surface area contributed by atoms with Crippen LogP contribution < -0.4 is 5.32 Å². The maximum absolute atomic E-state index is 4.24. The maximum Gasteiger partial charge on any atom is 0.0638 e. The lowest BCUT2D eigenvalue weighted by molar-refractivity contribution is 0.531.